The number of hydrogen-bond acceptors (Lipinski definition) is 7. The van der Waals surface area contributed by atoms with Crippen LogP contribution in [-0.2, 0) is 30.4 Å². The van der Waals surface area contributed by atoms with E-state index in [2.05, 4.69) is 10.1 Å². The highest BCUT2D eigenvalue weighted by molar-refractivity contribution is 6.63. The van der Waals surface area contributed by atoms with Crippen molar-refractivity contribution in [2.45, 2.75) is 19.1 Å². The van der Waals surface area contributed by atoms with E-state index in [0.29, 0.717) is 0 Å². The van der Waals surface area contributed by atoms with E-state index in [9.17, 15) is 14.4 Å². The molecule has 0 aliphatic heterocycles. The van der Waals surface area contributed by atoms with Crippen molar-refractivity contribution >= 4 is 23.6 Å². The van der Waals surface area contributed by atoms with Crippen molar-refractivity contribution in [2.75, 3.05) is 20.8 Å². The second-order valence-electron chi connectivity index (χ2n) is 4.85. The topological polar surface area (TPSA) is 115 Å². The van der Waals surface area contributed by atoms with Crippen LogP contribution in [-0.4, -0.2) is 50.4 Å². The molecule has 1 aromatic carbocycles. The van der Waals surface area contributed by atoms with Crippen LogP contribution < -0.4 is 5.32 Å². The van der Waals surface area contributed by atoms with E-state index in [-0.39, 0.29) is 19.6 Å². The summed E-state index contributed by atoms with van der Waals surface area (Å²) in [6.45, 7) is 0.110. The van der Waals surface area contributed by atoms with E-state index in [1.54, 1.807) is 12.1 Å². The largest absolute Gasteiger partial charge is 0.464 e. The molecule has 1 rings (SSSR count). The van der Waals surface area contributed by atoms with E-state index in [1.165, 1.54) is 7.11 Å². The smallest absolute Gasteiger partial charge is 0.407 e. The van der Waals surface area contributed by atoms with Gasteiger partial charge in [0.05, 0.1) is 19.8 Å². The number of rotatable bonds is 9. The molecule has 0 unspecified atom stereocenters. The van der Waals surface area contributed by atoms with Crippen LogP contribution in [0.4, 0.5) is 4.79 Å². The molecule has 8 heteroatoms. The molecule has 0 aromatic heterocycles. The summed E-state index contributed by atoms with van der Waals surface area (Å²) < 4.78 is 14.3. The van der Waals surface area contributed by atoms with Crippen molar-refractivity contribution in [3.05, 3.63) is 35.9 Å². The van der Waals surface area contributed by atoms with Crippen LogP contribution in [0.1, 0.15) is 12.0 Å². The third kappa shape index (κ3) is 6.57. The molecule has 1 amide bonds. The highest BCUT2D eigenvalue weighted by Crippen LogP contribution is 2.02. The van der Waals surface area contributed by atoms with E-state index in [1.807, 2.05) is 18.2 Å². The van der Waals surface area contributed by atoms with Crippen LogP contribution >= 0.6 is 0 Å². The van der Waals surface area contributed by atoms with Crippen molar-refractivity contribution in [2.24, 2.45) is 0 Å². The van der Waals surface area contributed by atoms with Gasteiger partial charge in [-0.15, -0.1) is 0 Å². The number of nitrogens with one attached hydrogen (secondary N) is 2. The number of ether oxygens (including phenoxy) is 3. The molecule has 24 heavy (non-hydrogen) atoms. The van der Waals surface area contributed by atoms with Crippen molar-refractivity contribution < 1.29 is 28.6 Å². The summed E-state index contributed by atoms with van der Waals surface area (Å²) in [6.07, 6.45) is -0.999. The Labute approximate surface area is 139 Å². The summed E-state index contributed by atoms with van der Waals surface area (Å²) in [5.41, 5.74) is 0.0394. The number of carbonyl (C=O) groups excluding carboxylic acids is 3. The van der Waals surface area contributed by atoms with E-state index in [4.69, 9.17) is 14.9 Å². The fourth-order valence-electron chi connectivity index (χ4n) is 1.83. The van der Waals surface area contributed by atoms with Gasteiger partial charge in [0, 0.05) is 13.5 Å². The molecule has 0 bridgehead atoms. The van der Waals surface area contributed by atoms with Crippen LogP contribution in [0.5, 0.6) is 0 Å². The molecule has 0 saturated heterocycles. The normalized spacial score (nSPS) is 11.2. The van der Waals surface area contributed by atoms with Crippen LogP contribution in [0, 0.1) is 5.41 Å². The van der Waals surface area contributed by atoms with Crippen LogP contribution in [0.15, 0.2) is 30.3 Å². The minimum absolute atomic E-state index is 0.0284. The molecule has 0 aliphatic rings. The fraction of sp³-hybridized carbons (Fsp3) is 0.375. The SMILES string of the molecule is COC[C@H](CC(=O)C(=N)C(=O)OC)NC(=O)OCc1ccccc1. The number of benzene rings is 1. The molecule has 2 N–H and O–H groups in total. The van der Waals surface area contributed by atoms with Gasteiger partial charge in [0.2, 0.25) is 0 Å². The third-order valence-corrected chi connectivity index (χ3v) is 3.00. The third-order valence-electron chi connectivity index (χ3n) is 3.00. The van der Waals surface area contributed by atoms with Crippen LogP contribution in [0.3, 0.4) is 0 Å². The predicted octanol–water partition coefficient (Wildman–Crippen LogP) is 1.08. The number of methoxy groups -OCH3 is 2. The maximum absolute atomic E-state index is 11.8. The maximum Gasteiger partial charge on any atom is 0.407 e. The summed E-state index contributed by atoms with van der Waals surface area (Å²) in [5.74, 6) is -1.78. The summed E-state index contributed by atoms with van der Waals surface area (Å²) in [5, 5.41) is 9.87. The fourth-order valence-corrected chi connectivity index (χ4v) is 1.83. The van der Waals surface area contributed by atoms with Gasteiger partial charge in [-0.25, -0.2) is 9.59 Å². The Balaban J connectivity index is 2.52. The molecule has 1 atom stereocenters. The zero-order chi connectivity index (χ0) is 17.9. The first kappa shape index (κ1) is 19.3. The second kappa shape index (κ2) is 10.1. The lowest BCUT2D eigenvalue weighted by molar-refractivity contribution is -0.133. The molecule has 1 aromatic rings. The Kier molecular flexibility index (Phi) is 8.14. The number of amides is 1. The molecule has 0 saturated carbocycles. The van der Waals surface area contributed by atoms with Gasteiger partial charge >= 0.3 is 12.1 Å². The Morgan fingerprint density at radius 3 is 2.42 bits per heavy atom. The average Bonchev–Trinajstić information content (AvgIpc) is 2.59. The van der Waals surface area contributed by atoms with E-state index in [0.717, 1.165) is 12.7 Å². The Morgan fingerprint density at radius 2 is 1.83 bits per heavy atom. The van der Waals surface area contributed by atoms with Crippen molar-refractivity contribution in [1.29, 1.82) is 5.41 Å². The first-order chi connectivity index (χ1) is 11.5. The van der Waals surface area contributed by atoms with Gasteiger partial charge in [0.15, 0.2) is 11.5 Å². The minimum Gasteiger partial charge on any atom is -0.464 e. The highest BCUT2D eigenvalue weighted by atomic mass is 16.5. The van der Waals surface area contributed by atoms with Gasteiger partial charge < -0.3 is 19.5 Å². The van der Waals surface area contributed by atoms with Gasteiger partial charge in [-0.2, -0.15) is 0 Å². The lowest BCUT2D eigenvalue weighted by atomic mass is 10.1. The van der Waals surface area contributed by atoms with Gasteiger partial charge in [-0.1, -0.05) is 30.3 Å². The average molecular weight is 336 g/mol. The molecular weight excluding hydrogens is 316 g/mol. The molecule has 8 nitrogen and oxygen atoms in total. The molecule has 0 spiro atoms. The monoisotopic (exact) mass is 336 g/mol. The van der Waals surface area contributed by atoms with Gasteiger partial charge in [0.1, 0.15) is 6.61 Å². The number of hydrogen-bond donors (Lipinski definition) is 2. The molecule has 130 valence electrons. The quantitative estimate of drug-likeness (QED) is 0.396. The summed E-state index contributed by atoms with van der Waals surface area (Å²) in [4.78, 5) is 34.8. The van der Waals surface area contributed by atoms with Gasteiger partial charge in [-0.3, -0.25) is 10.2 Å². The first-order valence-electron chi connectivity index (χ1n) is 7.14. The van der Waals surface area contributed by atoms with Crippen LogP contribution in [0.25, 0.3) is 0 Å². The minimum atomic E-state index is -1.03. The number of Topliss-reactive ketones (excluding diaryl/α,β-unsaturated/α-hetero) is 1. The number of carbonyl (C=O) groups is 3. The zero-order valence-corrected chi connectivity index (χ0v) is 13.5. The van der Waals surface area contributed by atoms with Crippen molar-refractivity contribution in [1.82, 2.24) is 5.32 Å². The first-order valence-corrected chi connectivity index (χ1v) is 7.14. The second-order valence-corrected chi connectivity index (χ2v) is 4.85. The summed E-state index contributed by atoms with van der Waals surface area (Å²) in [6, 6.07) is 8.38. The standard InChI is InChI=1S/C16H20N2O6/c1-22-10-12(8-13(19)14(17)15(20)23-2)18-16(21)24-9-11-6-4-3-5-7-11/h3-7,12,17H,8-10H2,1-2H3,(H,18,21)/t12-/m0/s1. The molecular formula is C16H20N2O6. The number of esters is 1. The Bertz CT molecular complexity index is 587. The molecule has 0 radical (unpaired) electrons. The Morgan fingerprint density at radius 1 is 1.17 bits per heavy atom. The van der Waals surface area contributed by atoms with Crippen LogP contribution in [0.2, 0.25) is 0 Å². The van der Waals surface area contributed by atoms with Gasteiger partial charge in [0.25, 0.3) is 0 Å². The lowest BCUT2D eigenvalue weighted by Crippen LogP contribution is -2.41. The van der Waals surface area contributed by atoms with E-state index >= 15 is 0 Å². The maximum atomic E-state index is 11.8. The molecule has 0 fully saturated rings. The van der Waals surface area contributed by atoms with Gasteiger partial charge in [-0.05, 0) is 5.56 Å². The summed E-state index contributed by atoms with van der Waals surface area (Å²) >= 11 is 0. The molecule has 0 aliphatic carbocycles. The Hall–Kier alpha value is -2.74. The lowest BCUT2D eigenvalue weighted by Gasteiger charge is -2.17. The highest BCUT2D eigenvalue weighted by Gasteiger charge is 2.24. The number of alkyl carbamates (subject to hydrolysis) is 1. The van der Waals surface area contributed by atoms with Crippen molar-refractivity contribution in [3.63, 3.8) is 0 Å². The molecule has 0 heterocycles. The summed E-state index contributed by atoms with van der Waals surface area (Å²) in [7, 11) is 2.48. The van der Waals surface area contributed by atoms with E-state index < -0.39 is 29.6 Å². The number of ketones is 1. The van der Waals surface area contributed by atoms with Crippen molar-refractivity contribution in [3.8, 4) is 0 Å². The predicted molar refractivity (Wildman–Crippen MR) is 84.8 cm³/mol. The zero-order valence-electron chi connectivity index (χ0n) is 13.5.